The summed E-state index contributed by atoms with van der Waals surface area (Å²) in [6, 6.07) is 13.9. The van der Waals surface area contributed by atoms with E-state index < -0.39 is 27.5 Å². The smallest absolute Gasteiger partial charge is 0.330 e. The van der Waals surface area contributed by atoms with Gasteiger partial charge in [-0.1, -0.05) is 45.4 Å². The molecule has 9 nitrogen and oxygen atoms in total. The second-order valence-corrected chi connectivity index (χ2v) is 26.0. The Labute approximate surface area is 281 Å². The number of allylic oxidation sites excluding steroid dienone is 1. The Morgan fingerprint density at radius 2 is 1.66 bits per heavy atom. The SMILES string of the molecule is COC(=O)/C=C/C(C)(c1c(OC)cc(C)c2c1ccn2COCC[Si](C)(C)C)c1nc2ccc(C#N)cc2n1COCC[Si](C)(C)C. The summed E-state index contributed by atoms with van der Waals surface area (Å²) >= 11 is 0. The molecule has 2 aromatic carbocycles. The topological polar surface area (TPSA) is 101 Å². The van der Waals surface area contributed by atoms with Gasteiger partial charge in [0.25, 0.3) is 0 Å². The summed E-state index contributed by atoms with van der Waals surface area (Å²) in [6.07, 6.45) is 5.32. The predicted molar refractivity (Wildman–Crippen MR) is 193 cm³/mol. The summed E-state index contributed by atoms with van der Waals surface area (Å²) in [5.74, 6) is 0.839. The van der Waals surface area contributed by atoms with Gasteiger partial charge in [0.2, 0.25) is 0 Å². The van der Waals surface area contributed by atoms with Crippen molar-refractivity contribution in [2.24, 2.45) is 0 Å². The molecule has 0 saturated carbocycles. The van der Waals surface area contributed by atoms with Gasteiger partial charge in [0.05, 0.1) is 47.8 Å². The summed E-state index contributed by atoms with van der Waals surface area (Å²) in [5, 5.41) is 10.7. The molecule has 47 heavy (non-hydrogen) atoms. The van der Waals surface area contributed by atoms with Crippen LogP contribution in [0.1, 0.15) is 29.4 Å². The van der Waals surface area contributed by atoms with E-state index in [1.807, 2.05) is 42.0 Å². The van der Waals surface area contributed by atoms with Crippen LogP contribution in [0.2, 0.25) is 51.4 Å². The Morgan fingerprint density at radius 1 is 1.00 bits per heavy atom. The molecule has 0 radical (unpaired) electrons. The number of nitrogens with zero attached hydrogens (tertiary/aromatic N) is 4. The number of aromatic nitrogens is 3. The Morgan fingerprint density at radius 3 is 2.26 bits per heavy atom. The van der Waals surface area contributed by atoms with Crippen LogP contribution in [0.15, 0.2) is 48.7 Å². The first kappa shape index (κ1) is 36.1. The maximum atomic E-state index is 12.6. The number of fused-ring (bicyclic) bond motifs is 2. The number of hydrogen-bond acceptors (Lipinski definition) is 7. The Kier molecular flexibility index (Phi) is 11.2. The fraction of sp³-hybridized carbons (Fsp3) is 0.472. The number of esters is 1. The van der Waals surface area contributed by atoms with Crippen molar-refractivity contribution >= 4 is 44.1 Å². The van der Waals surface area contributed by atoms with Crippen molar-refractivity contribution in [3.63, 3.8) is 0 Å². The van der Waals surface area contributed by atoms with E-state index >= 15 is 0 Å². The fourth-order valence-electron chi connectivity index (χ4n) is 5.75. The van der Waals surface area contributed by atoms with Crippen molar-refractivity contribution in [2.75, 3.05) is 27.4 Å². The van der Waals surface area contributed by atoms with E-state index in [0.717, 1.165) is 45.2 Å². The molecule has 2 heterocycles. The van der Waals surface area contributed by atoms with Crippen LogP contribution in [-0.4, -0.2) is 63.7 Å². The first-order chi connectivity index (χ1) is 22.1. The molecule has 0 aliphatic carbocycles. The van der Waals surface area contributed by atoms with Crippen LogP contribution in [0.3, 0.4) is 0 Å². The number of nitriles is 1. The Hall–Kier alpha value is -3.70. The van der Waals surface area contributed by atoms with E-state index in [0.29, 0.717) is 37.1 Å². The molecule has 4 rings (SSSR count). The number of aryl methyl sites for hydroxylation is 1. The quantitative estimate of drug-likeness (QED) is 0.0548. The van der Waals surface area contributed by atoms with Gasteiger partial charge in [-0.25, -0.2) is 9.78 Å². The summed E-state index contributed by atoms with van der Waals surface area (Å²) < 4.78 is 27.7. The van der Waals surface area contributed by atoms with Crippen molar-refractivity contribution in [3.05, 3.63) is 71.2 Å². The molecular formula is C36H50N4O5Si2. The van der Waals surface area contributed by atoms with Crippen molar-refractivity contribution in [2.45, 2.75) is 84.1 Å². The van der Waals surface area contributed by atoms with Gasteiger partial charge in [-0.2, -0.15) is 5.26 Å². The largest absolute Gasteiger partial charge is 0.496 e. The minimum Gasteiger partial charge on any atom is -0.496 e. The first-order valence-corrected chi connectivity index (χ1v) is 23.5. The molecular weight excluding hydrogens is 625 g/mol. The van der Waals surface area contributed by atoms with Crippen molar-refractivity contribution in [3.8, 4) is 11.8 Å². The summed E-state index contributed by atoms with van der Waals surface area (Å²) in [6.45, 7) is 20.1. The van der Waals surface area contributed by atoms with Gasteiger partial charge in [-0.15, -0.1) is 0 Å². The average molecular weight is 675 g/mol. The number of imidazole rings is 1. The lowest BCUT2D eigenvalue weighted by molar-refractivity contribution is -0.134. The molecule has 2 aromatic heterocycles. The molecule has 0 aliphatic rings. The van der Waals surface area contributed by atoms with Crippen LogP contribution in [-0.2, 0) is 37.9 Å². The van der Waals surface area contributed by atoms with Crippen molar-refractivity contribution in [1.82, 2.24) is 14.1 Å². The average Bonchev–Trinajstić information content (AvgIpc) is 3.60. The lowest BCUT2D eigenvalue weighted by Gasteiger charge is -2.30. The lowest BCUT2D eigenvalue weighted by atomic mass is 9.78. The monoisotopic (exact) mass is 674 g/mol. The summed E-state index contributed by atoms with van der Waals surface area (Å²) in [7, 11) is 0.463. The summed E-state index contributed by atoms with van der Waals surface area (Å²) in [5.41, 5.74) is 3.94. The predicted octanol–water partition coefficient (Wildman–Crippen LogP) is 7.84. The Bertz CT molecular complexity index is 1810. The van der Waals surface area contributed by atoms with Crippen LogP contribution >= 0.6 is 0 Å². The highest BCUT2D eigenvalue weighted by atomic mass is 28.3. The van der Waals surface area contributed by atoms with E-state index in [-0.39, 0.29) is 6.73 Å². The van der Waals surface area contributed by atoms with Gasteiger partial charge in [0.15, 0.2) is 0 Å². The number of rotatable bonds is 15. The third kappa shape index (κ3) is 8.43. The van der Waals surface area contributed by atoms with Crippen molar-refractivity contribution < 1.29 is 23.7 Å². The molecule has 0 fully saturated rings. The van der Waals surface area contributed by atoms with E-state index in [1.165, 1.54) is 13.2 Å². The minimum atomic E-state index is -1.33. The molecule has 0 amide bonds. The van der Waals surface area contributed by atoms with E-state index in [4.69, 9.17) is 23.9 Å². The highest BCUT2D eigenvalue weighted by Gasteiger charge is 2.38. The normalized spacial score (nSPS) is 13.7. The van der Waals surface area contributed by atoms with Crippen LogP contribution < -0.4 is 4.74 Å². The zero-order chi connectivity index (χ0) is 34.6. The summed E-state index contributed by atoms with van der Waals surface area (Å²) in [4.78, 5) is 17.8. The zero-order valence-corrected chi connectivity index (χ0v) is 31.7. The zero-order valence-electron chi connectivity index (χ0n) is 29.7. The molecule has 0 saturated heterocycles. The van der Waals surface area contributed by atoms with E-state index in [2.05, 4.69) is 62.9 Å². The van der Waals surface area contributed by atoms with Crippen LogP contribution in [0, 0.1) is 18.3 Å². The van der Waals surface area contributed by atoms with E-state index in [1.54, 1.807) is 13.2 Å². The van der Waals surface area contributed by atoms with Crippen LogP contribution in [0.25, 0.3) is 21.9 Å². The molecule has 1 unspecified atom stereocenters. The number of carbonyl (C=O) groups excluding carboxylic acids is 1. The molecule has 0 spiro atoms. The van der Waals surface area contributed by atoms with Crippen molar-refractivity contribution in [1.29, 1.82) is 5.26 Å². The van der Waals surface area contributed by atoms with Crippen LogP contribution in [0.4, 0.5) is 0 Å². The molecule has 1 atom stereocenters. The molecule has 4 aromatic rings. The molecule has 0 bridgehead atoms. The molecule has 0 aliphatic heterocycles. The maximum absolute atomic E-state index is 12.6. The number of ether oxygens (including phenoxy) is 4. The second-order valence-electron chi connectivity index (χ2n) is 14.8. The van der Waals surface area contributed by atoms with Gasteiger partial charge in [-0.3, -0.25) is 0 Å². The lowest BCUT2D eigenvalue weighted by Crippen LogP contribution is -2.28. The maximum Gasteiger partial charge on any atom is 0.330 e. The molecule has 11 heteroatoms. The number of methoxy groups -OCH3 is 2. The fourth-order valence-corrected chi connectivity index (χ4v) is 7.27. The number of hydrogen-bond donors (Lipinski definition) is 0. The molecule has 0 N–H and O–H groups in total. The molecule has 252 valence electrons. The van der Waals surface area contributed by atoms with Gasteiger partial charge < -0.3 is 28.1 Å². The highest BCUT2D eigenvalue weighted by Crippen LogP contribution is 2.45. The number of carbonyl (C=O) groups is 1. The van der Waals surface area contributed by atoms with Gasteiger partial charge in [0.1, 0.15) is 25.0 Å². The first-order valence-electron chi connectivity index (χ1n) is 16.1. The third-order valence-corrected chi connectivity index (χ3v) is 11.9. The second kappa shape index (κ2) is 14.6. The van der Waals surface area contributed by atoms with Gasteiger partial charge in [-0.05, 0) is 61.8 Å². The third-order valence-electron chi connectivity index (χ3n) is 8.48. The Balaban J connectivity index is 1.95. The minimum absolute atomic E-state index is 0.232. The van der Waals surface area contributed by atoms with E-state index in [9.17, 15) is 10.1 Å². The number of benzene rings is 2. The van der Waals surface area contributed by atoms with Gasteiger partial charge >= 0.3 is 5.97 Å². The van der Waals surface area contributed by atoms with Crippen LogP contribution in [0.5, 0.6) is 5.75 Å². The standard InChI is InChI=1S/C36H50N4O5Si2/c1-26-21-31(42-3)33(28-14-16-39(34(26)28)24-44-17-19-46(5,6)7)36(2,15-13-32(41)43-4)35-38-29-12-11-27(23-37)22-30(29)40(35)25-45-18-20-47(8,9)10/h11-16,21-22H,17-20,24-25H2,1-10H3/b15-13+. The van der Waals surface area contributed by atoms with Gasteiger partial charge in [0, 0.05) is 52.6 Å². The highest BCUT2D eigenvalue weighted by molar-refractivity contribution is 6.76.